The molecule has 126 valence electrons. The molecule has 0 aliphatic heterocycles. The lowest BCUT2D eigenvalue weighted by atomic mass is 10.1. The van der Waals surface area contributed by atoms with Crippen LogP contribution in [0.2, 0.25) is 0 Å². The topological polar surface area (TPSA) is 50.7 Å². The maximum absolute atomic E-state index is 12.7. The summed E-state index contributed by atoms with van der Waals surface area (Å²) < 4.78 is 38.2. The van der Waals surface area contributed by atoms with Crippen LogP contribution < -0.4 is 5.73 Å². The Labute approximate surface area is 155 Å². The molecule has 24 heavy (non-hydrogen) atoms. The van der Waals surface area contributed by atoms with Gasteiger partial charge < -0.3 is 5.73 Å². The number of nitrogens with two attached hydrogens (primary N) is 1. The minimum atomic E-state index is -4.36. The van der Waals surface area contributed by atoms with Gasteiger partial charge in [-0.3, -0.25) is 0 Å². The van der Waals surface area contributed by atoms with Gasteiger partial charge in [0.1, 0.15) is 0 Å². The molecule has 0 unspecified atom stereocenters. The smallest absolute Gasteiger partial charge is 0.377 e. The second kappa shape index (κ2) is 8.52. The number of rotatable bonds is 4. The van der Waals surface area contributed by atoms with Crippen molar-refractivity contribution in [3.63, 3.8) is 0 Å². The molecule has 0 bridgehead atoms. The molecule has 2 aromatic rings. The third kappa shape index (κ3) is 5.82. The lowest BCUT2D eigenvalue weighted by molar-refractivity contribution is -0.138. The largest absolute Gasteiger partial charge is 0.417 e. The van der Waals surface area contributed by atoms with E-state index in [0.29, 0.717) is 11.3 Å². The Morgan fingerprint density at radius 2 is 1.88 bits per heavy atom. The third-order valence-electron chi connectivity index (χ3n) is 2.89. The average molecular weight is 463 g/mol. The van der Waals surface area contributed by atoms with Crippen molar-refractivity contribution in [2.45, 2.75) is 11.9 Å². The van der Waals surface area contributed by atoms with E-state index in [1.807, 2.05) is 30.3 Å². The van der Waals surface area contributed by atoms with Crippen LogP contribution in [0.3, 0.4) is 0 Å². The molecule has 0 amide bonds. The minimum Gasteiger partial charge on any atom is -0.377 e. The van der Waals surface area contributed by atoms with Gasteiger partial charge >= 0.3 is 6.18 Å². The van der Waals surface area contributed by atoms with E-state index in [1.165, 1.54) is 30.1 Å². The van der Waals surface area contributed by atoms with Gasteiger partial charge in [-0.1, -0.05) is 48.2 Å². The quantitative estimate of drug-likeness (QED) is 0.304. The highest BCUT2D eigenvalue weighted by atomic mass is 127. The summed E-state index contributed by atoms with van der Waals surface area (Å²) in [6.07, 6.45) is -2.99. The third-order valence-corrected chi connectivity index (χ3v) is 4.64. The van der Waals surface area contributed by atoms with Crippen LogP contribution in [0.15, 0.2) is 58.7 Å². The SMILES string of the molecule is NC(=NN=Cc1ccc(C(F)(F)F)c(I)c1)SCc1ccccc1. The van der Waals surface area contributed by atoms with Crippen LogP contribution in [0.25, 0.3) is 0 Å². The molecule has 0 radical (unpaired) electrons. The summed E-state index contributed by atoms with van der Waals surface area (Å²) in [6.45, 7) is 0. The first-order valence-electron chi connectivity index (χ1n) is 6.76. The van der Waals surface area contributed by atoms with Crippen molar-refractivity contribution in [2.24, 2.45) is 15.9 Å². The number of hydrogen-bond acceptors (Lipinski definition) is 3. The fourth-order valence-electron chi connectivity index (χ4n) is 1.75. The molecule has 0 saturated carbocycles. The Morgan fingerprint density at radius 3 is 2.50 bits per heavy atom. The first kappa shape index (κ1) is 18.8. The molecular weight excluding hydrogens is 450 g/mol. The molecule has 0 saturated heterocycles. The summed E-state index contributed by atoms with van der Waals surface area (Å²) in [5, 5.41) is 7.95. The average Bonchev–Trinajstić information content (AvgIpc) is 2.53. The summed E-state index contributed by atoms with van der Waals surface area (Å²) in [6, 6.07) is 13.5. The summed E-state index contributed by atoms with van der Waals surface area (Å²) >= 11 is 2.99. The van der Waals surface area contributed by atoms with Gasteiger partial charge in [-0.05, 0) is 45.9 Å². The van der Waals surface area contributed by atoms with Crippen LogP contribution in [-0.2, 0) is 11.9 Å². The molecule has 0 heterocycles. The molecule has 0 aromatic heterocycles. The van der Waals surface area contributed by atoms with Gasteiger partial charge in [0.05, 0.1) is 11.8 Å². The molecule has 3 nitrogen and oxygen atoms in total. The summed E-state index contributed by atoms with van der Waals surface area (Å²) in [5.74, 6) is 0.671. The summed E-state index contributed by atoms with van der Waals surface area (Å²) in [7, 11) is 0. The molecule has 0 atom stereocenters. The predicted molar refractivity (Wildman–Crippen MR) is 101 cm³/mol. The van der Waals surface area contributed by atoms with Crippen molar-refractivity contribution >= 4 is 45.7 Å². The van der Waals surface area contributed by atoms with E-state index in [-0.39, 0.29) is 8.74 Å². The van der Waals surface area contributed by atoms with Crippen LogP contribution in [0.4, 0.5) is 13.2 Å². The molecular formula is C16H13F3IN3S. The summed E-state index contributed by atoms with van der Waals surface area (Å²) in [4.78, 5) is 0. The lowest BCUT2D eigenvalue weighted by Crippen LogP contribution is -2.07. The zero-order chi connectivity index (χ0) is 17.6. The number of hydrogen-bond donors (Lipinski definition) is 1. The zero-order valence-electron chi connectivity index (χ0n) is 12.3. The van der Waals surface area contributed by atoms with Crippen molar-refractivity contribution in [3.05, 3.63) is 68.8 Å². The molecule has 0 fully saturated rings. The van der Waals surface area contributed by atoms with Crippen molar-refractivity contribution in [2.75, 3.05) is 0 Å². The van der Waals surface area contributed by atoms with Gasteiger partial charge in [0, 0.05) is 9.32 Å². The highest BCUT2D eigenvalue weighted by molar-refractivity contribution is 14.1. The molecule has 2 N–H and O–H groups in total. The Balaban J connectivity index is 1.96. The number of amidine groups is 1. The minimum absolute atomic E-state index is 0.111. The molecule has 8 heteroatoms. The second-order valence-electron chi connectivity index (χ2n) is 4.69. The Morgan fingerprint density at radius 1 is 1.17 bits per heavy atom. The number of thioether (sulfide) groups is 1. The summed E-state index contributed by atoms with van der Waals surface area (Å²) in [5.41, 5.74) is 6.72. The highest BCUT2D eigenvalue weighted by Gasteiger charge is 2.32. The standard InChI is InChI=1S/C16H13F3IN3S/c17-16(18,19)13-7-6-12(8-14(13)20)9-22-23-15(21)24-10-11-4-2-1-3-5-11/h1-9H,10H2,(H2,21,23). The monoisotopic (exact) mass is 463 g/mol. The zero-order valence-corrected chi connectivity index (χ0v) is 15.3. The van der Waals surface area contributed by atoms with Crippen molar-refractivity contribution in [1.29, 1.82) is 0 Å². The van der Waals surface area contributed by atoms with E-state index in [1.54, 1.807) is 22.6 Å². The molecule has 0 aliphatic carbocycles. The maximum Gasteiger partial charge on any atom is 0.417 e. The number of halogens is 4. The Kier molecular flexibility index (Phi) is 6.67. The Bertz CT molecular complexity index is 746. The highest BCUT2D eigenvalue weighted by Crippen LogP contribution is 2.32. The Hall–Kier alpha value is -1.55. The van der Waals surface area contributed by atoms with Crippen LogP contribution >= 0.6 is 34.4 Å². The van der Waals surface area contributed by atoms with Gasteiger partial charge in [-0.2, -0.15) is 18.3 Å². The predicted octanol–water partition coefficient (Wildman–Crippen LogP) is 4.89. The molecule has 0 aliphatic rings. The van der Waals surface area contributed by atoms with Crippen LogP contribution in [0.5, 0.6) is 0 Å². The van der Waals surface area contributed by atoms with Gasteiger partial charge in [0.15, 0.2) is 5.17 Å². The van der Waals surface area contributed by atoms with E-state index >= 15 is 0 Å². The van der Waals surface area contributed by atoms with Gasteiger partial charge in [-0.25, -0.2) is 0 Å². The number of nitrogens with zero attached hydrogens (tertiary/aromatic N) is 2. The maximum atomic E-state index is 12.7. The molecule has 2 rings (SSSR count). The van der Waals surface area contributed by atoms with Gasteiger partial charge in [0.2, 0.25) is 0 Å². The first-order valence-corrected chi connectivity index (χ1v) is 8.82. The van der Waals surface area contributed by atoms with Gasteiger partial charge in [0.25, 0.3) is 0 Å². The van der Waals surface area contributed by atoms with Crippen LogP contribution in [0, 0.1) is 3.57 Å². The van der Waals surface area contributed by atoms with E-state index in [9.17, 15) is 13.2 Å². The van der Waals surface area contributed by atoms with Crippen molar-refractivity contribution in [3.8, 4) is 0 Å². The number of alkyl halides is 3. The van der Waals surface area contributed by atoms with Crippen molar-refractivity contribution in [1.82, 2.24) is 0 Å². The first-order chi connectivity index (χ1) is 11.4. The van der Waals surface area contributed by atoms with Crippen LogP contribution in [-0.4, -0.2) is 11.4 Å². The normalized spacial score (nSPS) is 12.8. The van der Waals surface area contributed by atoms with E-state index in [2.05, 4.69) is 10.2 Å². The lowest BCUT2D eigenvalue weighted by Gasteiger charge is -2.08. The number of benzene rings is 2. The van der Waals surface area contributed by atoms with E-state index < -0.39 is 11.7 Å². The van der Waals surface area contributed by atoms with Crippen molar-refractivity contribution < 1.29 is 13.2 Å². The van der Waals surface area contributed by atoms with E-state index in [4.69, 9.17) is 5.73 Å². The fourth-order valence-corrected chi connectivity index (χ4v) is 3.21. The molecule has 2 aromatic carbocycles. The fraction of sp³-hybridized carbons (Fsp3) is 0.125. The second-order valence-corrected chi connectivity index (χ2v) is 6.85. The molecule has 0 spiro atoms. The van der Waals surface area contributed by atoms with Crippen LogP contribution in [0.1, 0.15) is 16.7 Å². The van der Waals surface area contributed by atoms with Gasteiger partial charge in [-0.15, -0.1) is 5.10 Å². The van der Waals surface area contributed by atoms with E-state index in [0.717, 1.165) is 11.6 Å².